The van der Waals surface area contributed by atoms with Crippen LogP contribution in [0.15, 0.2) is 30.3 Å². The van der Waals surface area contributed by atoms with Gasteiger partial charge in [-0.05, 0) is 24.0 Å². The second kappa shape index (κ2) is 6.23. The van der Waals surface area contributed by atoms with E-state index in [0.717, 1.165) is 17.7 Å². The van der Waals surface area contributed by atoms with Gasteiger partial charge < -0.3 is 15.2 Å². The standard InChI is InChI=1S/C15H19N3O2/c1-4-10(2)11-7-5-6-8-12(11)20-14-9-13(19-3)17-15(16)18-14/h5-10H,4H2,1-3H3,(H2,16,17,18). The first-order valence-corrected chi connectivity index (χ1v) is 6.59. The van der Waals surface area contributed by atoms with Crippen LogP contribution in [0.2, 0.25) is 0 Å². The van der Waals surface area contributed by atoms with Crippen molar-refractivity contribution < 1.29 is 9.47 Å². The summed E-state index contributed by atoms with van der Waals surface area (Å²) in [5.41, 5.74) is 6.78. The Labute approximate surface area is 118 Å². The van der Waals surface area contributed by atoms with Gasteiger partial charge in [0.15, 0.2) is 0 Å². The molecule has 0 saturated heterocycles. The van der Waals surface area contributed by atoms with Crippen LogP contribution in [0.1, 0.15) is 31.7 Å². The Morgan fingerprint density at radius 2 is 1.90 bits per heavy atom. The molecule has 1 aromatic heterocycles. The molecule has 0 radical (unpaired) electrons. The van der Waals surface area contributed by atoms with Crippen LogP contribution in [0.25, 0.3) is 0 Å². The Kier molecular flexibility index (Phi) is 4.40. The van der Waals surface area contributed by atoms with Gasteiger partial charge in [0, 0.05) is 0 Å². The molecule has 1 unspecified atom stereocenters. The number of anilines is 1. The molecule has 0 amide bonds. The van der Waals surface area contributed by atoms with E-state index in [-0.39, 0.29) is 5.95 Å². The van der Waals surface area contributed by atoms with E-state index in [0.29, 0.717) is 17.7 Å². The molecular formula is C15H19N3O2. The fourth-order valence-electron chi connectivity index (χ4n) is 1.89. The molecule has 0 aliphatic carbocycles. The summed E-state index contributed by atoms with van der Waals surface area (Å²) in [6.45, 7) is 4.31. The Morgan fingerprint density at radius 1 is 1.20 bits per heavy atom. The number of para-hydroxylation sites is 1. The van der Waals surface area contributed by atoms with Gasteiger partial charge in [0.2, 0.25) is 17.7 Å². The van der Waals surface area contributed by atoms with Gasteiger partial charge in [0.25, 0.3) is 0 Å². The molecule has 0 fully saturated rings. The van der Waals surface area contributed by atoms with E-state index in [1.807, 2.05) is 18.2 Å². The summed E-state index contributed by atoms with van der Waals surface area (Å²) in [6.07, 6.45) is 1.04. The van der Waals surface area contributed by atoms with E-state index < -0.39 is 0 Å². The van der Waals surface area contributed by atoms with E-state index >= 15 is 0 Å². The molecule has 0 aliphatic heterocycles. The number of hydrogen-bond donors (Lipinski definition) is 1. The smallest absolute Gasteiger partial charge is 0.227 e. The SMILES string of the molecule is CCC(C)c1ccccc1Oc1cc(OC)nc(N)n1. The van der Waals surface area contributed by atoms with Gasteiger partial charge in [-0.1, -0.05) is 32.0 Å². The quantitative estimate of drug-likeness (QED) is 0.904. The van der Waals surface area contributed by atoms with Gasteiger partial charge in [0.05, 0.1) is 13.2 Å². The number of benzene rings is 1. The summed E-state index contributed by atoms with van der Waals surface area (Å²) in [5.74, 6) is 2.08. The molecule has 1 heterocycles. The highest BCUT2D eigenvalue weighted by Crippen LogP contribution is 2.32. The maximum Gasteiger partial charge on any atom is 0.227 e. The topological polar surface area (TPSA) is 70.3 Å². The summed E-state index contributed by atoms with van der Waals surface area (Å²) in [7, 11) is 1.53. The average Bonchev–Trinajstić information content (AvgIpc) is 2.46. The molecule has 5 heteroatoms. The zero-order chi connectivity index (χ0) is 14.5. The van der Waals surface area contributed by atoms with Gasteiger partial charge in [-0.3, -0.25) is 0 Å². The van der Waals surface area contributed by atoms with Gasteiger partial charge in [0.1, 0.15) is 5.75 Å². The molecule has 1 aromatic carbocycles. The molecule has 2 aromatic rings. The second-order valence-corrected chi connectivity index (χ2v) is 4.56. The van der Waals surface area contributed by atoms with Crippen molar-refractivity contribution >= 4 is 5.95 Å². The van der Waals surface area contributed by atoms with Crippen LogP contribution in [-0.4, -0.2) is 17.1 Å². The van der Waals surface area contributed by atoms with Gasteiger partial charge in [-0.15, -0.1) is 0 Å². The molecule has 0 aliphatic rings. The van der Waals surface area contributed by atoms with E-state index in [2.05, 4.69) is 29.9 Å². The lowest BCUT2D eigenvalue weighted by Gasteiger charge is -2.15. The third-order valence-corrected chi connectivity index (χ3v) is 3.18. The number of ether oxygens (including phenoxy) is 2. The van der Waals surface area contributed by atoms with E-state index in [1.165, 1.54) is 7.11 Å². The van der Waals surface area contributed by atoms with Crippen molar-refractivity contribution in [3.8, 4) is 17.5 Å². The minimum Gasteiger partial charge on any atom is -0.481 e. The molecule has 106 valence electrons. The number of hydrogen-bond acceptors (Lipinski definition) is 5. The largest absolute Gasteiger partial charge is 0.481 e. The number of methoxy groups -OCH3 is 1. The zero-order valence-corrected chi connectivity index (χ0v) is 12.0. The van der Waals surface area contributed by atoms with Crippen molar-refractivity contribution in [2.75, 3.05) is 12.8 Å². The average molecular weight is 273 g/mol. The van der Waals surface area contributed by atoms with Crippen LogP contribution in [0, 0.1) is 0 Å². The molecule has 2 rings (SSSR count). The third kappa shape index (κ3) is 3.17. The molecule has 20 heavy (non-hydrogen) atoms. The minimum atomic E-state index is 0.125. The van der Waals surface area contributed by atoms with Crippen molar-refractivity contribution in [3.63, 3.8) is 0 Å². The first-order valence-electron chi connectivity index (χ1n) is 6.59. The fourth-order valence-corrected chi connectivity index (χ4v) is 1.89. The van der Waals surface area contributed by atoms with Gasteiger partial charge in [-0.2, -0.15) is 9.97 Å². The van der Waals surface area contributed by atoms with Crippen LogP contribution < -0.4 is 15.2 Å². The minimum absolute atomic E-state index is 0.125. The van der Waals surface area contributed by atoms with Crippen molar-refractivity contribution in [2.24, 2.45) is 0 Å². The Bertz CT molecular complexity index is 587. The Hall–Kier alpha value is -2.30. The second-order valence-electron chi connectivity index (χ2n) is 4.56. The summed E-state index contributed by atoms with van der Waals surface area (Å²) < 4.78 is 10.9. The summed E-state index contributed by atoms with van der Waals surface area (Å²) in [5, 5.41) is 0. The normalized spacial score (nSPS) is 11.9. The van der Waals surface area contributed by atoms with Crippen LogP contribution in [-0.2, 0) is 0 Å². The zero-order valence-electron chi connectivity index (χ0n) is 12.0. The number of nitrogens with two attached hydrogens (primary N) is 1. The number of nitrogens with zero attached hydrogens (tertiary/aromatic N) is 2. The first kappa shape index (κ1) is 14.1. The van der Waals surface area contributed by atoms with Crippen molar-refractivity contribution in [2.45, 2.75) is 26.2 Å². The van der Waals surface area contributed by atoms with Crippen LogP contribution in [0.3, 0.4) is 0 Å². The lowest BCUT2D eigenvalue weighted by Crippen LogP contribution is -2.01. The fraction of sp³-hybridized carbons (Fsp3) is 0.333. The van der Waals surface area contributed by atoms with E-state index in [1.54, 1.807) is 6.07 Å². The molecule has 5 nitrogen and oxygen atoms in total. The first-order chi connectivity index (χ1) is 9.63. The molecular weight excluding hydrogens is 254 g/mol. The van der Waals surface area contributed by atoms with Gasteiger partial charge in [-0.25, -0.2) is 0 Å². The Morgan fingerprint density at radius 3 is 2.60 bits per heavy atom. The molecule has 0 saturated carbocycles. The number of nitrogen functional groups attached to an aromatic ring is 1. The summed E-state index contributed by atoms with van der Waals surface area (Å²) in [6, 6.07) is 9.54. The summed E-state index contributed by atoms with van der Waals surface area (Å²) in [4.78, 5) is 8.00. The predicted molar refractivity (Wildman–Crippen MR) is 78.2 cm³/mol. The number of rotatable bonds is 5. The molecule has 2 N–H and O–H groups in total. The Balaban J connectivity index is 2.32. The monoisotopic (exact) mass is 273 g/mol. The number of aromatic nitrogens is 2. The summed E-state index contributed by atoms with van der Waals surface area (Å²) >= 11 is 0. The molecule has 0 spiro atoms. The van der Waals surface area contributed by atoms with Crippen molar-refractivity contribution in [1.29, 1.82) is 0 Å². The van der Waals surface area contributed by atoms with E-state index in [4.69, 9.17) is 15.2 Å². The van der Waals surface area contributed by atoms with Crippen molar-refractivity contribution in [1.82, 2.24) is 9.97 Å². The highest BCUT2D eigenvalue weighted by Gasteiger charge is 2.12. The third-order valence-electron chi connectivity index (χ3n) is 3.18. The highest BCUT2D eigenvalue weighted by molar-refractivity contribution is 5.40. The molecule has 1 atom stereocenters. The lowest BCUT2D eigenvalue weighted by atomic mass is 9.98. The molecule has 0 bridgehead atoms. The van der Waals surface area contributed by atoms with Crippen molar-refractivity contribution in [3.05, 3.63) is 35.9 Å². The van der Waals surface area contributed by atoms with Crippen LogP contribution >= 0.6 is 0 Å². The predicted octanol–water partition coefficient (Wildman–Crippen LogP) is 3.37. The van der Waals surface area contributed by atoms with Crippen LogP contribution in [0.5, 0.6) is 17.5 Å². The van der Waals surface area contributed by atoms with Gasteiger partial charge >= 0.3 is 0 Å². The highest BCUT2D eigenvalue weighted by atomic mass is 16.5. The maximum absolute atomic E-state index is 5.84. The van der Waals surface area contributed by atoms with Crippen LogP contribution in [0.4, 0.5) is 5.95 Å². The lowest BCUT2D eigenvalue weighted by molar-refractivity contribution is 0.388. The van der Waals surface area contributed by atoms with E-state index in [9.17, 15) is 0 Å². The maximum atomic E-state index is 5.84.